The first-order chi connectivity index (χ1) is 8.04. The van der Waals surface area contributed by atoms with Crippen molar-refractivity contribution in [1.82, 2.24) is 9.55 Å². The first-order valence-corrected chi connectivity index (χ1v) is 6.20. The topological polar surface area (TPSA) is 98.2 Å². The molecule has 1 aromatic heterocycles. The van der Waals surface area contributed by atoms with E-state index in [1.807, 2.05) is 11.5 Å². The summed E-state index contributed by atoms with van der Waals surface area (Å²) in [7, 11) is 0. The largest absolute Gasteiger partial charge is 0.481 e. The van der Waals surface area contributed by atoms with E-state index in [9.17, 15) is 9.59 Å². The summed E-state index contributed by atoms with van der Waals surface area (Å²) in [6, 6.07) is 0. The van der Waals surface area contributed by atoms with Crippen LogP contribution in [0.25, 0.3) is 0 Å². The molecular weight excluding hydrogens is 242 g/mol. The molecule has 1 aromatic rings. The second-order valence-electron chi connectivity index (χ2n) is 3.44. The summed E-state index contributed by atoms with van der Waals surface area (Å²) < 4.78 is 1.85. The van der Waals surface area contributed by atoms with Crippen molar-refractivity contribution in [2.45, 2.75) is 31.5 Å². The van der Waals surface area contributed by atoms with Gasteiger partial charge in [-0.25, -0.2) is 4.98 Å². The lowest BCUT2D eigenvalue weighted by Crippen LogP contribution is -2.15. The fourth-order valence-electron chi connectivity index (χ4n) is 1.38. The summed E-state index contributed by atoms with van der Waals surface area (Å²) in [5.41, 5.74) is 6.07. The van der Waals surface area contributed by atoms with Crippen molar-refractivity contribution in [2.75, 3.05) is 5.75 Å². The average Bonchev–Trinajstić information content (AvgIpc) is 2.65. The number of rotatable bonds is 7. The van der Waals surface area contributed by atoms with Gasteiger partial charge in [0.05, 0.1) is 5.75 Å². The predicted octanol–water partition coefficient (Wildman–Crippen LogP) is 0.498. The Kier molecular flexibility index (Phi) is 5.02. The average molecular weight is 257 g/mol. The van der Waals surface area contributed by atoms with E-state index in [1.54, 1.807) is 6.20 Å². The lowest BCUT2D eigenvalue weighted by Gasteiger charge is -2.08. The summed E-state index contributed by atoms with van der Waals surface area (Å²) in [4.78, 5) is 25.4. The van der Waals surface area contributed by atoms with Gasteiger partial charge in [0.25, 0.3) is 0 Å². The molecule has 94 valence electrons. The Morgan fingerprint density at radius 3 is 2.82 bits per heavy atom. The maximum Gasteiger partial charge on any atom is 0.313 e. The van der Waals surface area contributed by atoms with Gasteiger partial charge in [0, 0.05) is 24.9 Å². The van der Waals surface area contributed by atoms with Gasteiger partial charge in [-0.1, -0.05) is 18.7 Å². The number of aryl methyl sites for hydroxylation is 1. The number of imidazole rings is 1. The number of aliphatic carboxylic acids is 1. The highest BCUT2D eigenvalue weighted by atomic mass is 32.2. The third kappa shape index (κ3) is 4.10. The number of primary amides is 1. The number of nitrogens with two attached hydrogens (primary N) is 1. The van der Waals surface area contributed by atoms with Gasteiger partial charge in [-0.2, -0.15) is 0 Å². The van der Waals surface area contributed by atoms with Crippen molar-refractivity contribution in [2.24, 2.45) is 5.73 Å². The van der Waals surface area contributed by atoms with Crippen molar-refractivity contribution in [1.29, 1.82) is 0 Å². The Bertz CT molecular complexity index is 417. The molecule has 0 aromatic carbocycles. The molecule has 0 fully saturated rings. The van der Waals surface area contributed by atoms with Gasteiger partial charge >= 0.3 is 5.97 Å². The van der Waals surface area contributed by atoms with Crippen LogP contribution in [-0.4, -0.2) is 32.3 Å². The number of carbonyl (C=O) groups is 2. The number of carbonyl (C=O) groups excluding carboxylic acids is 1. The normalized spacial score (nSPS) is 10.4. The van der Waals surface area contributed by atoms with Crippen LogP contribution < -0.4 is 5.73 Å². The molecule has 1 heterocycles. The molecule has 0 unspecified atom stereocenters. The SMILES string of the molecule is CCc1cnc(SCC(=O)O)n1CCC(N)=O. The molecule has 0 radical (unpaired) electrons. The van der Waals surface area contributed by atoms with E-state index < -0.39 is 5.97 Å². The molecule has 0 atom stereocenters. The van der Waals surface area contributed by atoms with Gasteiger partial charge in [-0.15, -0.1) is 0 Å². The van der Waals surface area contributed by atoms with E-state index in [-0.39, 0.29) is 18.1 Å². The van der Waals surface area contributed by atoms with Crippen molar-refractivity contribution >= 4 is 23.6 Å². The number of amides is 1. The summed E-state index contributed by atoms with van der Waals surface area (Å²) in [5.74, 6) is -1.32. The summed E-state index contributed by atoms with van der Waals surface area (Å²) in [5, 5.41) is 9.23. The van der Waals surface area contributed by atoms with Gasteiger partial charge in [0.15, 0.2) is 5.16 Å². The molecular formula is C10H15N3O3S. The van der Waals surface area contributed by atoms with E-state index in [0.717, 1.165) is 23.9 Å². The molecule has 1 rings (SSSR count). The van der Waals surface area contributed by atoms with Crippen molar-refractivity contribution in [3.8, 4) is 0 Å². The molecule has 17 heavy (non-hydrogen) atoms. The molecule has 0 saturated heterocycles. The Balaban J connectivity index is 2.77. The van der Waals surface area contributed by atoms with Crippen LogP contribution in [0.2, 0.25) is 0 Å². The molecule has 0 aliphatic carbocycles. The first kappa shape index (κ1) is 13.6. The van der Waals surface area contributed by atoms with Crippen LogP contribution in [0.4, 0.5) is 0 Å². The van der Waals surface area contributed by atoms with Gasteiger partial charge < -0.3 is 15.4 Å². The maximum atomic E-state index is 10.8. The quantitative estimate of drug-likeness (QED) is 0.693. The summed E-state index contributed by atoms with van der Waals surface area (Å²) in [6.45, 7) is 2.42. The minimum atomic E-state index is -0.891. The highest BCUT2D eigenvalue weighted by molar-refractivity contribution is 7.99. The second kappa shape index (κ2) is 6.29. The number of hydrogen-bond donors (Lipinski definition) is 2. The lowest BCUT2D eigenvalue weighted by molar-refractivity contribution is -0.134. The Morgan fingerprint density at radius 1 is 1.59 bits per heavy atom. The van der Waals surface area contributed by atoms with Crippen LogP contribution in [-0.2, 0) is 22.6 Å². The van der Waals surface area contributed by atoms with E-state index in [1.165, 1.54) is 0 Å². The highest BCUT2D eigenvalue weighted by Gasteiger charge is 2.11. The van der Waals surface area contributed by atoms with Crippen molar-refractivity contribution in [3.63, 3.8) is 0 Å². The van der Waals surface area contributed by atoms with Crippen LogP contribution in [0.5, 0.6) is 0 Å². The Morgan fingerprint density at radius 2 is 2.29 bits per heavy atom. The van der Waals surface area contributed by atoms with Gasteiger partial charge in [-0.05, 0) is 6.42 Å². The van der Waals surface area contributed by atoms with Crippen LogP contribution in [0.1, 0.15) is 19.0 Å². The highest BCUT2D eigenvalue weighted by Crippen LogP contribution is 2.19. The minimum Gasteiger partial charge on any atom is -0.481 e. The number of thioether (sulfide) groups is 1. The number of hydrogen-bond acceptors (Lipinski definition) is 4. The van der Waals surface area contributed by atoms with E-state index in [4.69, 9.17) is 10.8 Å². The fraction of sp³-hybridized carbons (Fsp3) is 0.500. The van der Waals surface area contributed by atoms with E-state index in [0.29, 0.717) is 11.7 Å². The number of carboxylic acid groups (broad SMARTS) is 1. The molecule has 0 spiro atoms. The van der Waals surface area contributed by atoms with E-state index >= 15 is 0 Å². The Labute approximate surface area is 103 Å². The lowest BCUT2D eigenvalue weighted by atomic mass is 10.3. The third-order valence-corrected chi connectivity index (χ3v) is 3.15. The zero-order chi connectivity index (χ0) is 12.8. The van der Waals surface area contributed by atoms with Gasteiger partial charge in [-0.3, -0.25) is 9.59 Å². The fourth-order valence-corrected chi connectivity index (χ4v) is 2.12. The van der Waals surface area contributed by atoms with Crippen LogP contribution in [0.15, 0.2) is 11.4 Å². The second-order valence-corrected chi connectivity index (χ2v) is 4.38. The molecule has 0 bridgehead atoms. The van der Waals surface area contributed by atoms with Gasteiger partial charge in [0.1, 0.15) is 0 Å². The summed E-state index contributed by atoms with van der Waals surface area (Å²) >= 11 is 1.14. The van der Waals surface area contributed by atoms with Crippen LogP contribution >= 0.6 is 11.8 Å². The molecule has 7 heteroatoms. The van der Waals surface area contributed by atoms with Crippen LogP contribution in [0.3, 0.4) is 0 Å². The summed E-state index contributed by atoms with van der Waals surface area (Å²) in [6.07, 6.45) is 2.70. The first-order valence-electron chi connectivity index (χ1n) is 5.22. The molecule has 3 N–H and O–H groups in total. The monoisotopic (exact) mass is 257 g/mol. The number of carboxylic acids is 1. The number of aromatic nitrogens is 2. The molecule has 0 aliphatic heterocycles. The van der Waals surface area contributed by atoms with Crippen molar-refractivity contribution < 1.29 is 14.7 Å². The standard InChI is InChI=1S/C10H15N3O3S/c1-2-7-5-12-10(17-6-9(15)16)13(7)4-3-8(11)14/h5H,2-4,6H2,1H3,(H2,11,14)(H,15,16). The number of nitrogens with zero attached hydrogens (tertiary/aromatic N) is 2. The van der Waals surface area contributed by atoms with Crippen molar-refractivity contribution in [3.05, 3.63) is 11.9 Å². The third-order valence-electron chi connectivity index (χ3n) is 2.17. The van der Waals surface area contributed by atoms with Gasteiger partial charge in [0.2, 0.25) is 5.91 Å². The Hall–Kier alpha value is -1.50. The zero-order valence-electron chi connectivity index (χ0n) is 9.55. The van der Waals surface area contributed by atoms with Crippen LogP contribution in [0, 0.1) is 0 Å². The zero-order valence-corrected chi connectivity index (χ0v) is 10.4. The minimum absolute atomic E-state index is 0.0449. The van der Waals surface area contributed by atoms with E-state index in [2.05, 4.69) is 4.98 Å². The predicted molar refractivity (Wildman–Crippen MR) is 63.8 cm³/mol. The molecule has 0 aliphatic rings. The smallest absolute Gasteiger partial charge is 0.313 e. The molecule has 1 amide bonds. The maximum absolute atomic E-state index is 10.8. The molecule has 6 nitrogen and oxygen atoms in total. The molecule has 0 saturated carbocycles.